The lowest BCUT2D eigenvalue weighted by molar-refractivity contribution is 0.0976. The third-order valence-corrected chi connectivity index (χ3v) is 3.18. The van der Waals surface area contributed by atoms with Gasteiger partial charge in [-0.2, -0.15) is 0 Å². The first-order valence-corrected chi connectivity index (χ1v) is 7.53. The van der Waals surface area contributed by atoms with E-state index < -0.39 is 80.2 Å². The lowest BCUT2D eigenvalue weighted by Crippen LogP contribution is -2.17. The normalized spacial score (nSPS) is 22.1. The SMILES string of the molecule is [2H]c1c([2H])c(C)c([2H])c(OC([2H])([2H])C(O)CCCCc2c([2H])c([2H])c(OC([2H])([2H])[2H])c(OC([2H])([2H])[2H])c2[2H])c1[2H]. The maximum Gasteiger partial charge on any atom is 0.160 e. The van der Waals surface area contributed by atoms with Crippen LogP contribution in [0, 0.1) is 6.92 Å². The predicted molar refractivity (Wildman–Crippen MR) is 99.8 cm³/mol. The molecule has 2 aromatic rings. The van der Waals surface area contributed by atoms with Gasteiger partial charge in [-0.05, 0) is 61.5 Å². The van der Waals surface area contributed by atoms with E-state index in [9.17, 15) is 5.11 Å². The van der Waals surface area contributed by atoms with E-state index in [2.05, 4.69) is 4.74 Å². The van der Waals surface area contributed by atoms with E-state index in [0.717, 1.165) is 0 Å². The number of hydrogen-bond donors (Lipinski definition) is 1. The topological polar surface area (TPSA) is 47.9 Å². The molecule has 0 spiro atoms. The van der Waals surface area contributed by atoms with Gasteiger partial charge in [0.25, 0.3) is 0 Å². The van der Waals surface area contributed by atoms with E-state index in [1.807, 2.05) is 0 Å². The predicted octanol–water partition coefficient (Wildman–Crippen LogP) is 4.16. The summed E-state index contributed by atoms with van der Waals surface area (Å²) in [6.07, 6.45) is -1.95. The molecule has 2 aromatic carbocycles. The molecule has 0 aromatic heterocycles. The maximum absolute atomic E-state index is 10.4. The Morgan fingerprint density at radius 1 is 1.12 bits per heavy atom. The molecule has 1 atom stereocenters. The van der Waals surface area contributed by atoms with E-state index in [0.29, 0.717) is 0 Å². The zero-order chi connectivity index (χ0) is 31.0. The van der Waals surface area contributed by atoms with Crippen LogP contribution in [0.25, 0.3) is 0 Å². The molecule has 25 heavy (non-hydrogen) atoms. The van der Waals surface area contributed by atoms with Crippen LogP contribution in [0.1, 0.15) is 51.0 Å². The van der Waals surface area contributed by atoms with Gasteiger partial charge < -0.3 is 19.3 Å². The molecule has 0 aliphatic heterocycles. The summed E-state index contributed by atoms with van der Waals surface area (Å²) in [5.41, 5.74) is -0.146. The van der Waals surface area contributed by atoms with Gasteiger partial charge >= 0.3 is 0 Å². The fraction of sp³-hybridized carbons (Fsp3) is 0.429. The van der Waals surface area contributed by atoms with E-state index >= 15 is 0 Å². The fourth-order valence-corrected chi connectivity index (χ4v) is 1.97. The number of ether oxygens (including phenoxy) is 3. The Balaban J connectivity index is 2.21. The highest BCUT2D eigenvalue weighted by atomic mass is 16.5. The van der Waals surface area contributed by atoms with Crippen LogP contribution >= 0.6 is 0 Å². The van der Waals surface area contributed by atoms with Gasteiger partial charge in [0, 0.05) is 0 Å². The second kappa shape index (κ2) is 9.94. The Kier molecular flexibility index (Phi) is 2.86. The van der Waals surface area contributed by atoms with Crippen LogP contribution in [0.2, 0.25) is 0 Å². The van der Waals surface area contributed by atoms with Gasteiger partial charge in [0.05, 0.1) is 40.7 Å². The summed E-state index contributed by atoms with van der Waals surface area (Å²) in [6, 6.07) is -4.11. The van der Waals surface area contributed by atoms with Crippen molar-refractivity contribution in [3.05, 3.63) is 53.4 Å². The van der Waals surface area contributed by atoms with Crippen LogP contribution in [0.3, 0.4) is 0 Å². The molecule has 136 valence electrons. The quantitative estimate of drug-likeness (QED) is 0.647. The largest absolute Gasteiger partial charge is 0.493 e. The summed E-state index contributed by atoms with van der Waals surface area (Å²) in [5.74, 6) is -2.32. The number of aliphatic hydroxyl groups is 1. The van der Waals surface area contributed by atoms with Crippen molar-refractivity contribution < 1.29 is 39.9 Å². The first-order chi connectivity index (χ1) is 18.1. The second-order valence-electron chi connectivity index (χ2n) is 5.15. The van der Waals surface area contributed by atoms with E-state index in [4.69, 9.17) is 30.0 Å². The Morgan fingerprint density at radius 2 is 1.96 bits per heavy atom. The standard InChI is InChI=1S/C21H28O4/c1-16-7-6-10-19(13-16)25-15-18(22)9-5-4-8-17-11-12-20(23-2)21(14-17)24-3/h6-7,10-14,18,22H,4-5,8-9,15H2,1-3H3/i2D3,3D3,6D,7D,10D,11D,12D,13D,14D,15D2. The molecule has 4 nitrogen and oxygen atoms in total. The van der Waals surface area contributed by atoms with Gasteiger partial charge in [-0.1, -0.05) is 24.5 Å². The average Bonchev–Trinajstić information content (AvgIpc) is 2.83. The number of aliphatic hydroxyl groups excluding tert-OH is 1. The average molecular weight is 360 g/mol. The number of benzene rings is 2. The molecular formula is C21H28O4. The zero-order valence-electron chi connectivity index (χ0n) is 28.6. The van der Waals surface area contributed by atoms with Crippen molar-refractivity contribution in [3.8, 4) is 17.2 Å². The molecule has 0 aliphatic carbocycles. The molecule has 0 saturated heterocycles. The van der Waals surface area contributed by atoms with Crippen molar-refractivity contribution in [2.75, 3.05) is 20.6 Å². The highest BCUT2D eigenvalue weighted by molar-refractivity contribution is 5.42. The first-order valence-electron chi connectivity index (χ1n) is 15.0. The van der Waals surface area contributed by atoms with Crippen LogP contribution in [0.4, 0.5) is 0 Å². The smallest absolute Gasteiger partial charge is 0.160 e. The molecule has 4 heteroatoms. The molecule has 2 rings (SSSR count). The Labute approximate surface area is 171 Å². The van der Waals surface area contributed by atoms with E-state index in [-0.39, 0.29) is 42.9 Å². The van der Waals surface area contributed by atoms with Crippen molar-refractivity contribution in [2.24, 2.45) is 0 Å². The molecule has 0 fully saturated rings. The maximum atomic E-state index is 10.4. The zero-order valence-corrected chi connectivity index (χ0v) is 13.6. The molecule has 0 bridgehead atoms. The highest BCUT2D eigenvalue weighted by Gasteiger charge is 2.07. The van der Waals surface area contributed by atoms with Crippen molar-refractivity contribution >= 4 is 0 Å². The Hall–Kier alpha value is -2.20. The van der Waals surface area contributed by atoms with Crippen molar-refractivity contribution in [3.63, 3.8) is 0 Å². The first kappa shape index (κ1) is 7.20. The second-order valence-corrected chi connectivity index (χ2v) is 5.15. The van der Waals surface area contributed by atoms with Crippen LogP contribution in [-0.4, -0.2) is 31.8 Å². The molecule has 0 heterocycles. The lowest BCUT2D eigenvalue weighted by atomic mass is 10.0. The minimum atomic E-state index is -3.12. The summed E-state index contributed by atoms with van der Waals surface area (Å²) in [4.78, 5) is 0. The van der Waals surface area contributed by atoms with Crippen molar-refractivity contribution in [1.82, 2.24) is 0 Å². The third kappa shape index (κ3) is 6.31. The highest BCUT2D eigenvalue weighted by Crippen LogP contribution is 2.28. The van der Waals surface area contributed by atoms with Crippen LogP contribution in [0.15, 0.2) is 42.3 Å². The van der Waals surface area contributed by atoms with Gasteiger partial charge in [-0.15, -0.1) is 0 Å². The summed E-state index contributed by atoms with van der Waals surface area (Å²) in [5, 5.41) is 10.4. The number of rotatable bonds is 10. The summed E-state index contributed by atoms with van der Waals surface area (Å²) in [7, 11) is -6.24. The minimum absolute atomic E-state index is 0.00424. The van der Waals surface area contributed by atoms with Gasteiger partial charge in [0.15, 0.2) is 11.5 Å². The molecule has 0 radical (unpaired) electrons. The van der Waals surface area contributed by atoms with Crippen LogP contribution in [0.5, 0.6) is 17.2 Å². The fourth-order valence-electron chi connectivity index (χ4n) is 1.97. The van der Waals surface area contributed by atoms with Crippen molar-refractivity contribution in [2.45, 2.75) is 38.7 Å². The summed E-state index contributed by atoms with van der Waals surface area (Å²) in [6.45, 7) is -1.45. The number of methoxy groups -OCH3 is 2. The summed E-state index contributed by atoms with van der Waals surface area (Å²) >= 11 is 0. The molecule has 0 saturated carbocycles. The number of hydrogen-bond acceptors (Lipinski definition) is 4. The molecule has 0 aliphatic rings. The third-order valence-electron chi connectivity index (χ3n) is 3.18. The van der Waals surface area contributed by atoms with E-state index in [1.54, 1.807) is 0 Å². The molecular weight excluding hydrogens is 316 g/mol. The lowest BCUT2D eigenvalue weighted by Gasteiger charge is -2.13. The number of unbranched alkanes of at least 4 members (excludes halogenated alkanes) is 1. The molecule has 1 N–H and O–H groups in total. The Morgan fingerprint density at radius 3 is 2.80 bits per heavy atom. The van der Waals surface area contributed by atoms with Gasteiger partial charge in [0.2, 0.25) is 0 Å². The van der Waals surface area contributed by atoms with Gasteiger partial charge in [0.1, 0.15) is 12.3 Å². The van der Waals surface area contributed by atoms with Gasteiger partial charge in [-0.3, -0.25) is 0 Å². The Bertz CT molecular complexity index is 1210. The molecule has 0 amide bonds. The van der Waals surface area contributed by atoms with Crippen LogP contribution < -0.4 is 14.2 Å². The van der Waals surface area contributed by atoms with Crippen LogP contribution in [-0.2, 0) is 6.42 Å². The van der Waals surface area contributed by atoms with E-state index in [1.165, 1.54) is 6.92 Å². The summed E-state index contributed by atoms with van der Waals surface area (Å²) < 4.78 is 130. The monoisotopic (exact) mass is 359 g/mol. The van der Waals surface area contributed by atoms with Gasteiger partial charge in [-0.25, -0.2) is 0 Å². The van der Waals surface area contributed by atoms with Crippen molar-refractivity contribution in [1.29, 1.82) is 0 Å². The molecule has 1 unspecified atom stereocenters. The minimum Gasteiger partial charge on any atom is -0.493 e.